The zero-order valence-electron chi connectivity index (χ0n) is 10.3. The maximum absolute atomic E-state index is 8.84. The predicted molar refractivity (Wildman–Crippen MR) is 65.9 cm³/mol. The standard InChI is InChI=1S/C13H18N2O2/c1-16-7-3-6-15-10-12-8-11(9-14)4-5-13(12)17-2/h4-5,8,15H,3,6-7,10H2,1-2H3. The van der Waals surface area contributed by atoms with Crippen LogP contribution in [0, 0.1) is 11.3 Å². The van der Waals surface area contributed by atoms with Crippen LogP contribution in [-0.4, -0.2) is 27.4 Å². The zero-order chi connectivity index (χ0) is 12.5. The third kappa shape index (κ3) is 4.43. The molecule has 0 bridgehead atoms. The average Bonchev–Trinajstić information content (AvgIpc) is 2.38. The highest BCUT2D eigenvalue weighted by molar-refractivity contribution is 5.41. The van der Waals surface area contributed by atoms with Gasteiger partial charge in [0.2, 0.25) is 0 Å². The summed E-state index contributed by atoms with van der Waals surface area (Å²) in [4.78, 5) is 0. The van der Waals surface area contributed by atoms with Gasteiger partial charge in [-0.15, -0.1) is 0 Å². The summed E-state index contributed by atoms with van der Waals surface area (Å²) in [6.45, 7) is 2.33. The zero-order valence-corrected chi connectivity index (χ0v) is 10.3. The summed E-state index contributed by atoms with van der Waals surface area (Å²) in [5.41, 5.74) is 1.66. The van der Waals surface area contributed by atoms with Gasteiger partial charge in [0.1, 0.15) is 5.75 Å². The fourth-order valence-electron chi connectivity index (χ4n) is 1.55. The second-order valence-corrected chi connectivity index (χ2v) is 3.66. The molecule has 1 aromatic rings. The number of hydrogen-bond acceptors (Lipinski definition) is 4. The van der Waals surface area contributed by atoms with Crippen molar-refractivity contribution in [3.05, 3.63) is 29.3 Å². The molecular formula is C13H18N2O2. The first-order chi connectivity index (χ1) is 8.31. The number of ether oxygens (including phenoxy) is 2. The molecule has 0 unspecified atom stereocenters. The van der Waals surface area contributed by atoms with Crippen LogP contribution >= 0.6 is 0 Å². The molecule has 0 fully saturated rings. The first kappa shape index (κ1) is 13.5. The molecule has 92 valence electrons. The predicted octanol–water partition coefficient (Wildman–Crippen LogP) is 1.69. The smallest absolute Gasteiger partial charge is 0.123 e. The molecule has 4 nitrogen and oxygen atoms in total. The third-order valence-electron chi connectivity index (χ3n) is 2.43. The van der Waals surface area contributed by atoms with Crippen LogP contribution < -0.4 is 10.1 Å². The van der Waals surface area contributed by atoms with Crippen LogP contribution in [0.5, 0.6) is 5.75 Å². The molecule has 1 aromatic carbocycles. The molecule has 0 saturated heterocycles. The minimum absolute atomic E-state index is 0.652. The lowest BCUT2D eigenvalue weighted by Gasteiger charge is -2.09. The van der Waals surface area contributed by atoms with Gasteiger partial charge in [-0.2, -0.15) is 5.26 Å². The van der Waals surface area contributed by atoms with Crippen molar-refractivity contribution in [2.75, 3.05) is 27.4 Å². The summed E-state index contributed by atoms with van der Waals surface area (Å²) in [7, 11) is 3.33. The van der Waals surface area contributed by atoms with E-state index in [1.807, 2.05) is 12.1 Å². The van der Waals surface area contributed by atoms with Crippen LogP contribution in [-0.2, 0) is 11.3 Å². The first-order valence-electron chi connectivity index (χ1n) is 5.58. The Kier molecular flexibility index (Phi) is 6.08. The summed E-state index contributed by atoms with van der Waals surface area (Å²) in [6, 6.07) is 7.56. The Balaban J connectivity index is 2.53. The van der Waals surface area contributed by atoms with E-state index in [2.05, 4.69) is 11.4 Å². The van der Waals surface area contributed by atoms with Crippen molar-refractivity contribution in [3.8, 4) is 11.8 Å². The minimum Gasteiger partial charge on any atom is -0.496 e. The van der Waals surface area contributed by atoms with E-state index in [0.29, 0.717) is 12.1 Å². The number of nitrogens with zero attached hydrogens (tertiary/aromatic N) is 1. The highest BCUT2D eigenvalue weighted by Crippen LogP contribution is 2.19. The van der Waals surface area contributed by atoms with Gasteiger partial charge in [-0.25, -0.2) is 0 Å². The topological polar surface area (TPSA) is 54.3 Å². The minimum atomic E-state index is 0.652. The quantitative estimate of drug-likeness (QED) is 0.729. The molecule has 1 N–H and O–H groups in total. The lowest BCUT2D eigenvalue weighted by Crippen LogP contribution is -2.16. The highest BCUT2D eigenvalue weighted by atomic mass is 16.5. The number of nitrogens with one attached hydrogen (secondary N) is 1. The molecule has 0 amide bonds. The molecule has 0 heterocycles. The summed E-state index contributed by atoms with van der Waals surface area (Å²) < 4.78 is 10.2. The van der Waals surface area contributed by atoms with E-state index in [1.165, 1.54) is 0 Å². The van der Waals surface area contributed by atoms with Gasteiger partial charge < -0.3 is 14.8 Å². The number of rotatable bonds is 7. The van der Waals surface area contributed by atoms with Crippen molar-refractivity contribution < 1.29 is 9.47 Å². The number of hydrogen-bond donors (Lipinski definition) is 1. The number of benzene rings is 1. The fourth-order valence-corrected chi connectivity index (χ4v) is 1.55. The van der Waals surface area contributed by atoms with Crippen molar-refractivity contribution >= 4 is 0 Å². The molecule has 0 aromatic heterocycles. The van der Waals surface area contributed by atoms with Crippen LogP contribution in [0.25, 0.3) is 0 Å². The van der Waals surface area contributed by atoms with E-state index in [-0.39, 0.29) is 0 Å². The van der Waals surface area contributed by atoms with Crippen molar-refractivity contribution in [2.45, 2.75) is 13.0 Å². The third-order valence-corrected chi connectivity index (χ3v) is 2.43. The lowest BCUT2D eigenvalue weighted by atomic mass is 10.1. The van der Waals surface area contributed by atoms with Crippen molar-refractivity contribution in [1.29, 1.82) is 5.26 Å². The molecular weight excluding hydrogens is 216 g/mol. The summed E-state index contributed by atoms with van der Waals surface area (Å²) in [6.07, 6.45) is 0.969. The Morgan fingerprint density at radius 1 is 1.35 bits per heavy atom. The molecule has 0 radical (unpaired) electrons. The van der Waals surface area contributed by atoms with Gasteiger partial charge in [-0.3, -0.25) is 0 Å². The summed E-state index contributed by atoms with van der Waals surface area (Å²) in [5, 5.41) is 12.1. The van der Waals surface area contributed by atoms with Gasteiger partial charge in [-0.05, 0) is 31.2 Å². The second-order valence-electron chi connectivity index (χ2n) is 3.66. The molecule has 0 saturated carbocycles. The van der Waals surface area contributed by atoms with Gasteiger partial charge in [0.25, 0.3) is 0 Å². The Labute approximate surface area is 102 Å². The molecule has 4 heteroatoms. The van der Waals surface area contributed by atoms with Gasteiger partial charge in [0.05, 0.1) is 18.7 Å². The lowest BCUT2D eigenvalue weighted by molar-refractivity contribution is 0.194. The fraction of sp³-hybridized carbons (Fsp3) is 0.462. The van der Waals surface area contributed by atoms with Gasteiger partial charge in [0.15, 0.2) is 0 Å². The van der Waals surface area contributed by atoms with E-state index in [9.17, 15) is 0 Å². The molecule has 0 aliphatic carbocycles. The maximum atomic E-state index is 8.84. The van der Waals surface area contributed by atoms with E-state index >= 15 is 0 Å². The largest absolute Gasteiger partial charge is 0.496 e. The average molecular weight is 234 g/mol. The van der Waals surface area contributed by atoms with Gasteiger partial charge in [-0.1, -0.05) is 0 Å². The van der Waals surface area contributed by atoms with E-state index in [1.54, 1.807) is 20.3 Å². The second kappa shape index (κ2) is 7.66. The van der Waals surface area contributed by atoms with Gasteiger partial charge in [0, 0.05) is 25.8 Å². The molecule has 0 atom stereocenters. The SMILES string of the molecule is COCCCNCc1cc(C#N)ccc1OC. The Bertz CT molecular complexity index is 385. The van der Waals surface area contributed by atoms with Crippen LogP contribution in [0.2, 0.25) is 0 Å². The van der Waals surface area contributed by atoms with E-state index in [4.69, 9.17) is 14.7 Å². The Hall–Kier alpha value is -1.57. The number of methoxy groups -OCH3 is 2. The Morgan fingerprint density at radius 2 is 2.18 bits per heavy atom. The van der Waals surface area contributed by atoms with Crippen LogP contribution in [0.1, 0.15) is 17.5 Å². The van der Waals surface area contributed by atoms with Crippen molar-refractivity contribution in [1.82, 2.24) is 5.32 Å². The van der Waals surface area contributed by atoms with Crippen molar-refractivity contribution in [2.24, 2.45) is 0 Å². The molecule has 0 aliphatic rings. The monoisotopic (exact) mass is 234 g/mol. The maximum Gasteiger partial charge on any atom is 0.123 e. The molecule has 17 heavy (non-hydrogen) atoms. The van der Waals surface area contributed by atoms with Crippen LogP contribution in [0.3, 0.4) is 0 Å². The molecule has 1 rings (SSSR count). The normalized spacial score (nSPS) is 9.94. The van der Waals surface area contributed by atoms with Crippen molar-refractivity contribution in [3.63, 3.8) is 0 Å². The van der Waals surface area contributed by atoms with E-state index < -0.39 is 0 Å². The number of nitriles is 1. The first-order valence-corrected chi connectivity index (χ1v) is 5.58. The van der Waals surface area contributed by atoms with Gasteiger partial charge >= 0.3 is 0 Å². The van der Waals surface area contributed by atoms with Crippen LogP contribution in [0.4, 0.5) is 0 Å². The molecule has 0 spiro atoms. The Morgan fingerprint density at radius 3 is 2.82 bits per heavy atom. The molecule has 0 aliphatic heterocycles. The summed E-state index contributed by atoms with van der Waals surface area (Å²) >= 11 is 0. The van der Waals surface area contributed by atoms with E-state index in [0.717, 1.165) is 30.9 Å². The summed E-state index contributed by atoms with van der Waals surface area (Å²) in [5.74, 6) is 0.809. The van der Waals surface area contributed by atoms with Crippen LogP contribution in [0.15, 0.2) is 18.2 Å². The highest BCUT2D eigenvalue weighted by Gasteiger charge is 2.03.